The third-order valence-electron chi connectivity index (χ3n) is 5.94. The zero-order valence-corrected chi connectivity index (χ0v) is 23.9. The van der Waals surface area contributed by atoms with Gasteiger partial charge in [-0.05, 0) is 56.2 Å². The van der Waals surface area contributed by atoms with Crippen molar-refractivity contribution < 1.29 is 18.0 Å². The van der Waals surface area contributed by atoms with E-state index < -0.39 is 28.5 Å². The molecule has 2 amide bonds. The lowest BCUT2D eigenvalue weighted by atomic mass is 10.1. The average Bonchev–Trinajstić information content (AvgIpc) is 2.89. The SMILES string of the molecule is CCCNC(=O)C(C)N(Cc1ccc(C)cc1)C(=O)CN(c1cc(Cl)cc(Cl)c1)S(=O)(=O)c1ccccc1. The molecule has 0 aliphatic heterocycles. The van der Waals surface area contributed by atoms with Crippen molar-refractivity contribution in [3.8, 4) is 0 Å². The largest absolute Gasteiger partial charge is 0.354 e. The van der Waals surface area contributed by atoms with Gasteiger partial charge in [0.25, 0.3) is 10.0 Å². The van der Waals surface area contributed by atoms with Crippen molar-refractivity contribution in [1.29, 1.82) is 0 Å². The Kier molecular flexibility index (Phi) is 10.2. The lowest BCUT2D eigenvalue weighted by Gasteiger charge is -2.32. The van der Waals surface area contributed by atoms with Crippen LogP contribution in [0.25, 0.3) is 0 Å². The molecule has 3 aromatic rings. The molecule has 0 aliphatic carbocycles. The summed E-state index contributed by atoms with van der Waals surface area (Å²) in [4.78, 5) is 28.1. The van der Waals surface area contributed by atoms with E-state index in [1.54, 1.807) is 25.1 Å². The first-order chi connectivity index (χ1) is 18.0. The molecular weight excluding hydrogens is 545 g/mol. The number of anilines is 1. The van der Waals surface area contributed by atoms with Gasteiger partial charge in [-0.2, -0.15) is 0 Å². The molecule has 38 heavy (non-hydrogen) atoms. The summed E-state index contributed by atoms with van der Waals surface area (Å²) in [5.74, 6) is -0.879. The number of benzene rings is 3. The van der Waals surface area contributed by atoms with Crippen molar-refractivity contribution in [2.24, 2.45) is 0 Å². The minimum Gasteiger partial charge on any atom is -0.354 e. The molecule has 0 fully saturated rings. The van der Waals surface area contributed by atoms with Gasteiger partial charge in [-0.3, -0.25) is 13.9 Å². The van der Waals surface area contributed by atoms with Crippen LogP contribution in [0.2, 0.25) is 10.0 Å². The molecule has 0 bridgehead atoms. The number of carbonyl (C=O) groups excluding carboxylic acids is 2. The van der Waals surface area contributed by atoms with Gasteiger partial charge in [-0.15, -0.1) is 0 Å². The van der Waals surface area contributed by atoms with Gasteiger partial charge in [-0.25, -0.2) is 8.42 Å². The van der Waals surface area contributed by atoms with E-state index in [0.717, 1.165) is 21.9 Å². The summed E-state index contributed by atoms with van der Waals surface area (Å²) in [6.07, 6.45) is 0.739. The van der Waals surface area contributed by atoms with Gasteiger partial charge in [0.1, 0.15) is 12.6 Å². The molecule has 7 nitrogen and oxygen atoms in total. The highest BCUT2D eigenvalue weighted by Gasteiger charge is 2.32. The van der Waals surface area contributed by atoms with Crippen molar-refractivity contribution in [1.82, 2.24) is 10.2 Å². The van der Waals surface area contributed by atoms with E-state index >= 15 is 0 Å². The van der Waals surface area contributed by atoms with E-state index in [-0.39, 0.29) is 33.1 Å². The number of halogens is 2. The highest BCUT2D eigenvalue weighted by molar-refractivity contribution is 7.92. The van der Waals surface area contributed by atoms with Gasteiger partial charge >= 0.3 is 0 Å². The Morgan fingerprint density at radius 2 is 1.55 bits per heavy atom. The summed E-state index contributed by atoms with van der Waals surface area (Å²) < 4.78 is 28.5. The maximum absolute atomic E-state index is 13.8. The Labute approximate surface area is 234 Å². The average molecular weight is 577 g/mol. The summed E-state index contributed by atoms with van der Waals surface area (Å²) >= 11 is 12.4. The van der Waals surface area contributed by atoms with Crippen LogP contribution in [0.15, 0.2) is 77.7 Å². The maximum atomic E-state index is 13.8. The smallest absolute Gasteiger partial charge is 0.264 e. The molecule has 3 rings (SSSR count). The predicted molar refractivity (Wildman–Crippen MR) is 152 cm³/mol. The molecule has 202 valence electrons. The van der Waals surface area contributed by atoms with Gasteiger partial charge in [0.05, 0.1) is 10.6 Å². The second-order valence-corrected chi connectivity index (χ2v) is 11.7. The first kappa shape index (κ1) is 29.5. The summed E-state index contributed by atoms with van der Waals surface area (Å²) in [7, 11) is -4.19. The second-order valence-electron chi connectivity index (χ2n) is 8.93. The molecule has 3 aromatic carbocycles. The summed E-state index contributed by atoms with van der Waals surface area (Å²) in [6.45, 7) is 5.54. The van der Waals surface area contributed by atoms with Crippen molar-refractivity contribution >= 4 is 50.7 Å². The number of sulfonamides is 1. The minimum absolute atomic E-state index is 0.00252. The molecule has 10 heteroatoms. The fourth-order valence-electron chi connectivity index (χ4n) is 3.80. The molecule has 1 N–H and O–H groups in total. The van der Waals surface area contributed by atoms with Crippen molar-refractivity contribution in [2.45, 2.75) is 44.7 Å². The standard InChI is InChI=1S/C28H31Cl2N3O4S/c1-4-14-31-28(35)21(3)32(18-22-12-10-20(2)11-13-22)27(34)19-33(25-16-23(29)15-24(30)17-25)38(36,37)26-8-6-5-7-9-26/h5-13,15-17,21H,4,14,18-19H2,1-3H3,(H,31,35). The topological polar surface area (TPSA) is 86.8 Å². The van der Waals surface area contributed by atoms with E-state index in [1.165, 1.54) is 35.2 Å². The lowest BCUT2D eigenvalue weighted by molar-refractivity contribution is -0.139. The Hall–Kier alpha value is -3.07. The maximum Gasteiger partial charge on any atom is 0.264 e. The Morgan fingerprint density at radius 3 is 2.13 bits per heavy atom. The lowest BCUT2D eigenvalue weighted by Crippen LogP contribution is -2.51. The molecule has 0 saturated heterocycles. The Morgan fingerprint density at radius 1 is 0.947 bits per heavy atom. The monoisotopic (exact) mass is 575 g/mol. The Balaban J connectivity index is 2.03. The second kappa shape index (κ2) is 13.1. The van der Waals surface area contributed by atoms with Gasteiger partial charge in [0, 0.05) is 23.1 Å². The zero-order valence-electron chi connectivity index (χ0n) is 21.5. The van der Waals surface area contributed by atoms with Crippen LogP contribution < -0.4 is 9.62 Å². The Bertz CT molecular complexity index is 1350. The molecule has 0 saturated carbocycles. The zero-order chi connectivity index (χ0) is 27.9. The summed E-state index contributed by atoms with van der Waals surface area (Å²) in [5.41, 5.74) is 2.00. The van der Waals surface area contributed by atoms with E-state index in [9.17, 15) is 18.0 Å². The van der Waals surface area contributed by atoms with Crippen LogP contribution in [0.4, 0.5) is 5.69 Å². The van der Waals surface area contributed by atoms with Crippen molar-refractivity contribution in [3.05, 3.63) is 94.0 Å². The van der Waals surface area contributed by atoms with Crippen LogP contribution in [0.3, 0.4) is 0 Å². The van der Waals surface area contributed by atoms with E-state index in [2.05, 4.69) is 5.32 Å². The third-order valence-corrected chi connectivity index (χ3v) is 8.16. The molecule has 0 heterocycles. The highest BCUT2D eigenvalue weighted by atomic mass is 35.5. The summed E-state index contributed by atoms with van der Waals surface area (Å²) in [6, 6.07) is 18.9. The first-order valence-corrected chi connectivity index (χ1v) is 14.4. The number of amides is 2. The normalized spacial score (nSPS) is 12.0. The van der Waals surface area contributed by atoms with Gasteiger partial charge < -0.3 is 10.2 Å². The molecule has 0 radical (unpaired) electrons. The fourth-order valence-corrected chi connectivity index (χ4v) is 5.73. The molecule has 0 spiro atoms. The van der Waals surface area contributed by atoms with E-state index in [0.29, 0.717) is 6.54 Å². The number of nitrogens with zero attached hydrogens (tertiary/aromatic N) is 2. The van der Waals surface area contributed by atoms with Crippen LogP contribution in [-0.4, -0.2) is 44.3 Å². The number of hydrogen-bond donors (Lipinski definition) is 1. The van der Waals surface area contributed by atoms with Crippen LogP contribution in [0.5, 0.6) is 0 Å². The number of rotatable bonds is 11. The summed E-state index contributed by atoms with van der Waals surface area (Å²) in [5, 5.41) is 3.26. The first-order valence-electron chi connectivity index (χ1n) is 12.2. The van der Waals surface area contributed by atoms with Gasteiger partial charge in [-0.1, -0.05) is 78.2 Å². The fraction of sp³-hybridized carbons (Fsp3) is 0.286. The van der Waals surface area contributed by atoms with Gasteiger partial charge in [0.2, 0.25) is 11.8 Å². The number of carbonyl (C=O) groups is 2. The van der Waals surface area contributed by atoms with Gasteiger partial charge in [0.15, 0.2) is 0 Å². The van der Waals surface area contributed by atoms with Crippen LogP contribution in [-0.2, 0) is 26.2 Å². The molecule has 0 aliphatic rings. The van der Waals surface area contributed by atoms with Crippen LogP contribution in [0, 0.1) is 6.92 Å². The molecule has 1 atom stereocenters. The van der Waals surface area contributed by atoms with E-state index in [4.69, 9.17) is 23.2 Å². The quantitative estimate of drug-likeness (QED) is 0.330. The number of hydrogen-bond acceptors (Lipinski definition) is 4. The molecule has 0 aromatic heterocycles. The number of aryl methyl sites for hydroxylation is 1. The molecular formula is C28H31Cl2N3O4S. The highest BCUT2D eigenvalue weighted by Crippen LogP contribution is 2.30. The molecule has 1 unspecified atom stereocenters. The predicted octanol–water partition coefficient (Wildman–Crippen LogP) is 5.44. The van der Waals surface area contributed by atoms with E-state index in [1.807, 2.05) is 38.1 Å². The third kappa shape index (κ3) is 7.49. The van der Waals surface area contributed by atoms with Crippen molar-refractivity contribution in [2.75, 3.05) is 17.4 Å². The minimum atomic E-state index is -4.19. The van der Waals surface area contributed by atoms with Crippen LogP contribution in [0.1, 0.15) is 31.4 Å². The van der Waals surface area contributed by atoms with Crippen molar-refractivity contribution in [3.63, 3.8) is 0 Å². The number of nitrogens with one attached hydrogen (secondary N) is 1. The van der Waals surface area contributed by atoms with Crippen LogP contribution >= 0.6 is 23.2 Å².